The average molecular weight is 281 g/mol. The molecule has 1 unspecified atom stereocenters. The Balaban J connectivity index is 1.72. The van der Waals surface area contributed by atoms with E-state index in [2.05, 4.69) is 37.5 Å². The van der Waals surface area contributed by atoms with Gasteiger partial charge in [0.1, 0.15) is 0 Å². The summed E-state index contributed by atoms with van der Waals surface area (Å²) >= 11 is 0. The van der Waals surface area contributed by atoms with Crippen LogP contribution >= 0.6 is 0 Å². The highest BCUT2D eigenvalue weighted by molar-refractivity contribution is 4.82. The second-order valence-electron chi connectivity index (χ2n) is 7.83. The van der Waals surface area contributed by atoms with E-state index in [1.807, 2.05) is 0 Å². The van der Waals surface area contributed by atoms with Crippen molar-refractivity contribution >= 4 is 0 Å². The molecule has 2 aliphatic heterocycles. The third-order valence-corrected chi connectivity index (χ3v) is 5.57. The van der Waals surface area contributed by atoms with Crippen LogP contribution in [-0.4, -0.2) is 49.1 Å². The molecule has 0 N–H and O–H groups in total. The van der Waals surface area contributed by atoms with E-state index in [9.17, 15) is 0 Å². The summed E-state index contributed by atoms with van der Waals surface area (Å²) in [6.07, 6.45) is 5.69. The molecule has 20 heavy (non-hydrogen) atoms. The summed E-state index contributed by atoms with van der Waals surface area (Å²) in [7, 11) is 0. The molecule has 2 atom stereocenters. The summed E-state index contributed by atoms with van der Waals surface area (Å²) in [5, 5.41) is 0. The lowest BCUT2D eigenvalue weighted by Crippen LogP contribution is -2.46. The van der Waals surface area contributed by atoms with Crippen molar-refractivity contribution in [3.05, 3.63) is 0 Å². The lowest BCUT2D eigenvalue weighted by Gasteiger charge is -2.41. The Hall–Kier alpha value is -0.0800. The van der Waals surface area contributed by atoms with Gasteiger partial charge in [-0.25, -0.2) is 0 Å². The molecular weight excluding hydrogens is 244 g/mol. The molecular formula is C18H36N2. The molecule has 0 aromatic carbocycles. The quantitative estimate of drug-likeness (QED) is 0.757. The van der Waals surface area contributed by atoms with E-state index in [1.165, 1.54) is 65.0 Å². The van der Waals surface area contributed by atoms with Crippen LogP contribution in [0.25, 0.3) is 0 Å². The van der Waals surface area contributed by atoms with Crippen molar-refractivity contribution in [2.45, 2.75) is 53.4 Å². The van der Waals surface area contributed by atoms with Gasteiger partial charge in [0, 0.05) is 19.6 Å². The van der Waals surface area contributed by atoms with Gasteiger partial charge < -0.3 is 9.80 Å². The molecule has 2 rings (SSSR count). The van der Waals surface area contributed by atoms with E-state index < -0.39 is 0 Å². The van der Waals surface area contributed by atoms with Gasteiger partial charge in [0.2, 0.25) is 0 Å². The molecule has 0 amide bonds. The van der Waals surface area contributed by atoms with Crippen LogP contribution in [0.4, 0.5) is 0 Å². The molecule has 118 valence electrons. The van der Waals surface area contributed by atoms with E-state index in [0.29, 0.717) is 0 Å². The van der Waals surface area contributed by atoms with Gasteiger partial charge >= 0.3 is 0 Å². The van der Waals surface area contributed by atoms with Crippen molar-refractivity contribution in [2.75, 3.05) is 39.3 Å². The van der Waals surface area contributed by atoms with Gasteiger partial charge in [-0.3, -0.25) is 0 Å². The van der Waals surface area contributed by atoms with Crippen molar-refractivity contribution < 1.29 is 0 Å². The molecule has 2 aliphatic rings. The van der Waals surface area contributed by atoms with Crippen LogP contribution in [0.5, 0.6) is 0 Å². The standard InChI is InChI=1S/C18H36N2/c1-5-17-6-9-19(10-7-17)14-18-8-11-20(12-15(2)3)13-16(18)4/h15-18H,5-14H2,1-4H3/t16-,18?/m0/s1. The minimum Gasteiger partial charge on any atom is -0.303 e. The van der Waals surface area contributed by atoms with Crippen molar-refractivity contribution in [1.82, 2.24) is 9.80 Å². The van der Waals surface area contributed by atoms with Crippen LogP contribution < -0.4 is 0 Å². The minimum absolute atomic E-state index is 0.812. The van der Waals surface area contributed by atoms with E-state index in [1.54, 1.807) is 0 Å². The normalized spacial score (nSPS) is 31.1. The Bertz CT molecular complexity index is 269. The lowest BCUT2D eigenvalue weighted by molar-refractivity contribution is 0.0757. The fourth-order valence-corrected chi connectivity index (χ4v) is 4.14. The predicted octanol–water partition coefficient (Wildman–Crippen LogP) is 3.72. The summed E-state index contributed by atoms with van der Waals surface area (Å²) in [6.45, 7) is 17.6. The maximum atomic E-state index is 2.76. The Labute approximate surface area is 126 Å². The van der Waals surface area contributed by atoms with Crippen LogP contribution in [0.1, 0.15) is 53.4 Å². The van der Waals surface area contributed by atoms with Crippen LogP contribution in [0.2, 0.25) is 0 Å². The van der Waals surface area contributed by atoms with E-state index >= 15 is 0 Å². The van der Waals surface area contributed by atoms with Crippen molar-refractivity contribution in [3.8, 4) is 0 Å². The molecule has 0 spiro atoms. The van der Waals surface area contributed by atoms with E-state index in [-0.39, 0.29) is 0 Å². The second kappa shape index (κ2) is 7.79. The number of nitrogens with zero attached hydrogens (tertiary/aromatic N) is 2. The zero-order valence-corrected chi connectivity index (χ0v) is 14.3. The second-order valence-corrected chi connectivity index (χ2v) is 7.83. The molecule has 2 heterocycles. The largest absolute Gasteiger partial charge is 0.303 e. The van der Waals surface area contributed by atoms with Crippen LogP contribution in [0.15, 0.2) is 0 Å². The molecule has 2 heteroatoms. The van der Waals surface area contributed by atoms with E-state index in [0.717, 1.165) is 23.7 Å². The highest BCUT2D eigenvalue weighted by Crippen LogP contribution is 2.27. The summed E-state index contributed by atoms with van der Waals surface area (Å²) in [4.78, 5) is 5.45. The number of hydrogen-bond donors (Lipinski definition) is 0. The van der Waals surface area contributed by atoms with Crippen LogP contribution in [0, 0.1) is 23.7 Å². The zero-order chi connectivity index (χ0) is 14.5. The number of likely N-dealkylation sites (tertiary alicyclic amines) is 2. The molecule has 0 aromatic heterocycles. The first kappa shape index (κ1) is 16.3. The van der Waals surface area contributed by atoms with Gasteiger partial charge in [-0.05, 0) is 62.6 Å². The first-order valence-electron chi connectivity index (χ1n) is 9.03. The SMILES string of the molecule is CCC1CCN(CC2CCN(CC(C)C)C[C@@H]2C)CC1. The monoisotopic (exact) mass is 280 g/mol. The van der Waals surface area contributed by atoms with Crippen molar-refractivity contribution in [1.29, 1.82) is 0 Å². The fourth-order valence-electron chi connectivity index (χ4n) is 4.14. The molecule has 0 radical (unpaired) electrons. The highest BCUT2D eigenvalue weighted by Gasteiger charge is 2.28. The third-order valence-electron chi connectivity index (χ3n) is 5.57. The topological polar surface area (TPSA) is 6.48 Å². The molecule has 2 nitrogen and oxygen atoms in total. The third kappa shape index (κ3) is 4.73. The maximum absolute atomic E-state index is 2.76. The Morgan fingerprint density at radius 1 is 1.00 bits per heavy atom. The Morgan fingerprint density at radius 3 is 2.20 bits per heavy atom. The lowest BCUT2D eigenvalue weighted by atomic mass is 9.85. The van der Waals surface area contributed by atoms with Gasteiger partial charge in [-0.1, -0.05) is 34.1 Å². The first-order chi connectivity index (χ1) is 9.58. The van der Waals surface area contributed by atoms with E-state index in [4.69, 9.17) is 0 Å². The Kier molecular flexibility index (Phi) is 6.35. The van der Waals surface area contributed by atoms with Gasteiger partial charge in [-0.15, -0.1) is 0 Å². The molecule has 0 saturated carbocycles. The number of rotatable bonds is 5. The van der Waals surface area contributed by atoms with Crippen molar-refractivity contribution in [2.24, 2.45) is 23.7 Å². The highest BCUT2D eigenvalue weighted by atomic mass is 15.2. The fraction of sp³-hybridized carbons (Fsp3) is 1.00. The van der Waals surface area contributed by atoms with Crippen molar-refractivity contribution in [3.63, 3.8) is 0 Å². The zero-order valence-electron chi connectivity index (χ0n) is 14.3. The molecule has 0 aromatic rings. The molecule has 2 saturated heterocycles. The Morgan fingerprint density at radius 2 is 1.65 bits per heavy atom. The summed E-state index contributed by atoms with van der Waals surface area (Å²) < 4.78 is 0. The van der Waals surface area contributed by atoms with Gasteiger partial charge in [0.15, 0.2) is 0 Å². The molecule has 0 aliphatic carbocycles. The summed E-state index contributed by atoms with van der Waals surface area (Å²) in [5.41, 5.74) is 0. The van der Waals surface area contributed by atoms with Gasteiger partial charge in [0.25, 0.3) is 0 Å². The minimum atomic E-state index is 0.812. The maximum Gasteiger partial charge on any atom is 0.00132 e. The van der Waals surface area contributed by atoms with Crippen LogP contribution in [-0.2, 0) is 0 Å². The summed E-state index contributed by atoms with van der Waals surface area (Å²) in [5.74, 6) is 3.64. The first-order valence-corrected chi connectivity index (χ1v) is 9.03. The summed E-state index contributed by atoms with van der Waals surface area (Å²) in [6, 6.07) is 0. The van der Waals surface area contributed by atoms with Gasteiger partial charge in [-0.2, -0.15) is 0 Å². The smallest absolute Gasteiger partial charge is 0.00132 e. The molecule has 0 bridgehead atoms. The predicted molar refractivity (Wildman–Crippen MR) is 88.0 cm³/mol. The molecule has 2 fully saturated rings. The van der Waals surface area contributed by atoms with Crippen LogP contribution in [0.3, 0.4) is 0 Å². The van der Waals surface area contributed by atoms with Gasteiger partial charge in [0.05, 0.1) is 0 Å². The number of hydrogen-bond acceptors (Lipinski definition) is 2. The number of piperidine rings is 2. The average Bonchev–Trinajstić information content (AvgIpc) is 2.42.